The molecule has 0 N–H and O–H groups in total. The minimum absolute atomic E-state index is 0.169. The molecule has 0 bridgehead atoms. The number of rotatable bonds is 18. The van der Waals surface area contributed by atoms with Crippen LogP contribution in [0.3, 0.4) is 0 Å². The van der Waals surface area contributed by atoms with Crippen LogP contribution in [0.25, 0.3) is 0 Å². The van der Waals surface area contributed by atoms with Crippen molar-refractivity contribution in [2.24, 2.45) is 5.92 Å². The van der Waals surface area contributed by atoms with Gasteiger partial charge in [-0.25, -0.2) is 4.39 Å². The Balaban J connectivity index is 2.47. The van der Waals surface area contributed by atoms with E-state index in [2.05, 4.69) is 6.92 Å². The predicted octanol–water partition coefficient (Wildman–Crippen LogP) is 7.28. The van der Waals surface area contributed by atoms with Crippen molar-refractivity contribution in [3.05, 3.63) is 35.6 Å². The Morgan fingerprint density at radius 2 is 1.34 bits per heavy atom. The lowest BCUT2D eigenvalue weighted by Gasteiger charge is -2.37. The lowest BCUT2D eigenvalue weighted by Crippen LogP contribution is -2.45. The molecule has 0 fully saturated rings. The Labute approximate surface area is 178 Å². The van der Waals surface area contributed by atoms with E-state index in [9.17, 15) is 4.39 Å². The second kappa shape index (κ2) is 15.8. The van der Waals surface area contributed by atoms with Gasteiger partial charge in [0.2, 0.25) is 0 Å². The van der Waals surface area contributed by atoms with Crippen LogP contribution in [0, 0.1) is 11.7 Å². The Kier molecular flexibility index (Phi) is 14.2. The van der Waals surface area contributed by atoms with Crippen LogP contribution >= 0.6 is 0 Å². The van der Waals surface area contributed by atoms with Crippen molar-refractivity contribution in [3.63, 3.8) is 0 Å². The second-order valence-corrected chi connectivity index (χ2v) is 7.92. The molecule has 0 aromatic heterocycles. The number of aryl methyl sites for hydroxylation is 1. The summed E-state index contributed by atoms with van der Waals surface area (Å²) in [4.78, 5) is 0. The first-order valence-corrected chi connectivity index (χ1v) is 11.6. The van der Waals surface area contributed by atoms with Crippen LogP contribution in [-0.4, -0.2) is 26.8 Å². The van der Waals surface area contributed by atoms with E-state index < -0.39 is 5.97 Å². The first-order valence-electron chi connectivity index (χ1n) is 11.6. The van der Waals surface area contributed by atoms with Crippen molar-refractivity contribution in [1.29, 1.82) is 0 Å². The largest absolute Gasteiger partial charge is 0.331 e. The van der Waals surface area contributed by atoms with E-state index in [-0.39, 0.29) is 11.7 Å². The van der Waals surface area contributed by atoms with Gasteiger partial charge in [0.05, 0.1) is 0 Å². The Morgan fingerprint density at radius 1 is 0.793 bits per heavy atom. The number of ether oxygens (including phenoxy) is 3. The molecule has 0 saturated heterocycles. The number of benzene rings is 1. The van der Waals surface area contributed by atoms with Crippen LogP contribution in [0.15, 0.2) is 24.3 Å². The molecule has 4 heteroatoms. The minimum Gasteiger partial charge on any atom is -0.331 e. The fraction of sp³-hybridized carbons (Fsp3) is 0.760. The maximum absolute atomic E-state index is 13.0. The molecule has 3 nitrogen and oxygen atoms in total. The lowest BCUT2D eigenvalue weighted by molar-refractivity contribution is -0.388. The summed E-state index contributed by atoms with van der Waals surface area (Å²) in [5.74, 6) is -0.873. The average molecular weight is 411 g/mol. The zero-order chi connectivity index (χ0) is 21.4. The number of hydrogen-bond acceptors (Lipinski definition) is 3. The summed E-state index contributed by atoms with van der Waals surface area (Å²) in [5, 5.41) is 0. The Hall–Kier alpha value is -0.970. The fourth-order valence-electron chi connectivity index (χ4n) is 4.07. The Bertz CT molecular complexity index is 499. The standard InChI is InChI=1S/C25H43FO3/c1-5-7-8-9-10-13-16-23(25(27-3,28-4)29-6-2)17-14-11-12-15-22-18-20-24(26)21-19-22/h18-21,23H,5-17H2,1-4H3. The highest BCUT2D eigenvalue weighted by Crippen LogP contribution is 2.33. The van der Waals surface area contributed by atoms with Crippen molar-refractivity contribution in [3.8, 4) is 0 Å². The van der Waals surface area contributed by atoms with Gasteiger partial charge in [-0.3, -0.25) is 0 Å². The number of hydrogen-bond donors (Lipinski definition) is 0. The molecule has 1 aromatic carbocycles. The first-order chi connectivity index (χ1) is 14.1. The highest BCUT2D eigenvalue weighted by molar-refractivity contribution is 5.15. The summed E-state index contributed by atoms with van der Waals surface area (Å²) < 4.78 is 30.4. The summed E-state index contributed by atoms with van der Waals surface area (Å²) in [6.45, 7) is 4.80. The van der Waals surface area contributed by atoms with E-state index in [1.165, 1.54) is 44.1 Å². The third kappa shape index (κ3) is 10.1. The number of unbranched alkanes of at least 4 members (excludes halogenated alkanes) is 7. The quantitative estimate of drug-likeness (QED) is 0.188. The second-order valence-electron chi connectivity index (χ2n) is 7.92. The maximum Gasteiger partial charge on any atom is 0.285 e. The van der Waals surface area contributed by atoms with Crippen LogP contribution in [0.2, 0.25) is 0 Å². The van der Waals surface area contributed by atoms with Gasteiger partial charge in [-0.2, -0.15) is 0 Å². The molecule has 1 unspecified atom stereocenters. The smallest absolute Gasteiger partial charge is 0.285 e. The summed E-state index contributed by atoms with van der Waals surface area (Å²) in [7, 11) is 3.36. The highest BCUT2D eigenvalue weighted by atomic mass is 19.1. The molecule has 0 aliphatic heterocycles. The predicted molar refractivity (Wildman–Crippen MR) is 118 cm³/mol. The molecule has 1 rings (SSSR count). The van der Waals surface area contributed by atoms with Gasteiger partial charge >= 0.3 is 0 Å². The molecular formula is C25H43FO3. The fourth-order valence-corrected chi connectivity index (χ4v) is 4.07. The van der Waals surface area contributed by atoms with Gasteiger partial charge in [0, 0.05) is 26.7 Å². The summed E-state index contributed by atoms with van der Waals surface area (Å²) >= 11 is 0. The van der Waals surface area contributed by atoms with Gasteiger partial charge in [-0.05, 0) is 50.3 Å². The molecule has 0 saturated carbocycles. The highest BCUT2D eigenvalue weighted by Gasteiger charge is 2.39. The monoisotopic (exact) mass is 410 g/mol. The molecule has 168 valence electrons. The van der Waals surface area contributed by atoms with Crippen LogP contribution < -0.4 is 0 Å². The van der Waals surface area contributed by atoms with Gasteiger partial charge in [0.15, 0.2) is 0 Å². The molecule has 29 heavy (non-hydrogen) atoms. The van der Waals surface area contributed by atoms with Gasteiger partial charge in [0.1, 0.15) is 5.82 Å². The summed E-state index contributed by atoms with van der Waals surface area (Å²) in [6.07, 6.45) is 14.1. The summed E-state index contributed by atoms with van der Waals surface area (Å²) in [5.41, 5.74) is 1.20. The SMILES string of the molecule is CCCCCCCCC(CCCCCc1ccc(F)cc1)C(OC)(OC)OCC. The third-order valence-corrected chi connectivity index (χ3v) is 5.75. The van der Waals surface area contributed by atoms with Crippen molar-refractivity contribution >= 4 is 0 Å². The molecule has 1 aromatic rings. The zero-order valence-corrected chi connectivity index (χ0v) is 19.2. The van der Waals surface area contributed by atoms with Crippen molar-refractivity contribution in [2.45, 2.75) is 96.9 Å². The van der Waals surface area contributed by atoms with Gasteiger partial charge in [-0.1, -0.05) is 70.4 Å². The topological polar surface area (TPSA) is 27.7 Å². The van der Waals surface area contributed by atoms with Gasteiger partial charge in [0.25, 0.3) is 5.97 Å². The van der Waals surface area contributed by atoms with Gasteiger partial charge in [-0.15, -0.1) is 0 Å². The van der Waals surface area contributed by atoms with E-state index in [1.54, 1.807) is 26.4 Å². The molecule has 0 radical (unpaired) electrons. The molecule has 0 amide bonds. The van der Waals surface area contributed by atoms with E-state index in [4.69, 9.17) is 14.2 Å². The minimum atomic E-state index is -0.935. The Morgan fingerprint density at radius 3 is 1.90 bits per heavy atom. The molecule has 0 spiro atoms. The molecule has 1 atom stereocenters. The normalized spacial score (nSPS) is 13.0. The van der Waals surface area contributed by atoms with E-state index in [0.29, 0.717) is 6.61 Å². The van der Waals surface area contributed by atoms with E-state index in [0.717, 1.165) is 38.5 Å². The van der Waals surface area contributed by atoms with Crippen LogP contribution in [-0.2, 0) is 20.6 Å². The van der Waals surface area contributed by atoms with Crippen molar-refractivity contribution in [2.75, 3.05) is 20.8 Å². The van der Waals surface area contributed by atoms with Crippen LogP contribution in [0.4, 0.5) is 4.39 Å². The molecule has 0 heterocycles. The van der Waals surface area contributed by atoms with E-state index >= 15 is 0 Å². The lowest BCUT2D eigenvalue weighted by atomic mass is 9.91. The molecular weight excluding hydrogens is 367 g/mol. The van der Waals surface area contributed by atoms with E-state index in [1.807, 2.05) is 19.1 Å². The molecule has 0 aliphatic carbocycles. The average Bonchev–Trinajstić information content (AvgIpc) is 2.74. The number of halogens is 1. The van der Waals surface area contributed by atoms with Crippen LogP contribution in [0.5, 0.6) is 0 Å². The first kappa shape index (κ1) is 26.1. The van der Waals surface area contributed by atoms with Crippen LogP contribution in [0.1, 0.15) is 90.0 Å². The summed E-state index contributed by atoms with van der Waals surface area (Å²) in [6, 6.07) is 6.85. The van der Waals surface area contributed by atoms with Crippen molar-refractivity contribution in [1.82, 2.24) is 0 Å². The zero-order valence-electron chi connectivity index (χ0n) is 19.2. The van der Waals surface area contributed by atoms with Crippen molar-refractivity contribution < 1.29 is 18.6 Å². The van der Waals surface area contributed by atoms with Gasteiger partial charge < -0.3 is 14.2 Å². The number of methoxy groups -OCH3 is 2. The molecule has 0 aliphatic rings. The third-order valence-electron chi connectivity index (χ3n) is 5.75. The maximum atomic E-state index is 13.0.